The van der Waals surface area contributed by atoms with Gasteiger partial charge in [-0.1, -0.05) is 109 Å². The normalized spacial score (nSPS) is 11.9. The van der Waals surface area contributed by atoms with Crippen LogP contribution in [0.3, 0.4) is 0 Å². The second-order valence-corrected chi connectivity index (χ2v) is 13.4. The van der Waals surface area contributed by atoms with E-state index < -0.39 is 0 Å². The minimum atomic E-state index is 0.905. The first-order chi connectivity index (χ1) is 25.3. The van der Waals surface area contributed by atoms with Crippen molar-refractivity contribution in [2.45, 2.75) is 0 Å². The van der Waals surface area contributed by atoms with Crippen LogP contribution in [0.4, 0.5) is 0 Å². The highest BCUT2D eigenvalue weighted by Gasteiger charge is 2.18. The first kappa shape index (κ1) is 28.0. The van der Waals surface area contributed by atoms with E-state index in [2.05, 4.69) is 185 Å². The average molecular weight is 651 g/mol. The molecule has 8 aromatic carbocycles. The summed E-state index contributed by atoms with van der Waals surface area (Å²) in [5.74, 6) is 0. The third kappa shape index (κ3) is 4.25. The Hall–Kier alpha value is -6.84. The number of rotatable bonds is 4. The molecule has 3 aromatic heterocycles. The van der Waals surface area contributed by atoms with Crippen LogP contribution in [0.2, 0.25) is 0 Å². The van der Waals surface area contributed by atoms with Crippen LogP contribution in [0.5, 0.6) is 0 Å². The van der Waals surface area contributed by atoms with E-state index >= 15 is 0 Å². The fourth-order valence-electron chi connectivity index (χ4n) is 8.14. The minimum Gasteiger partial charge on any atom is -0.456 e. The van der Waals surface area contributed by atoms with Gasteiger partial charge < -0.3 is 13.6 Å². The van der Waals surface area contributed by atoms with Crippen molar-refractivity contribution in [2.75, 3.05) is 0 Å². The average Bonchev–Trinajstić information content (AvgIpc) is 3.84. The first-order valence-electron chi connectivity index (χ1n) is 17.4. The maximum atomic E-state index is 6.42. The fourth-order valence-corrected chi connectivity index (χ4v) is 8.14. The van der Waals surface area contributed by atoms with Gasteiger partial charge in [-0.15, -0.1) is 0 Å². The van der Waals surface area contributed by atoms with Crippen LogP contribution in [-0.4, -0.2) is 9.13 Å². The molecule has 0 saturated carbocycles. The number of para-hydroxylation sites is 3. The molecule has 0 N–H and O–H groups in total. The Bertz CT molecular complexity index is 3110. The van der Waals surface area contributed by atoms with E-state index in [-0.39, 0.29) is 0 Å². The van der Waals surface area contributed by atoms with Crippen LogP contribution in [0.15, 0.2) is 186 Å². The number of furan rings is 1. The van der Waals surface area contributed by atoms with Crippen LogP contribution in [0, 0.1) is 0 Å². The molecule has 0 spiro atoms. The Morgan fingerprint density at radius 1 is 0.275 bits per heavy atom. The third-order valence-corrected chi connectivity index (χ3v) is 10.5. The number of hydrogen-bond acceptors (Lipinski definition) is 1. The summed E-state index contributed by atoms with van der Waals surface area (Å²) in [6.45, 7) is 0. The molecular weight excluding hydrogens is 621 g/mol. The molecule has 0 aliphatic heterocycles. The van der Waals surface area contributed by atoms with Crippen molar-refractivity contribution in [3.63, 3.8) is 0 Å². The van der Waals surface area contributed by atoms with Gasteiger partial charge in [0.05, 0.1) is 22.1 Å². The van der Waals surface area contributed by atoms with Gasteiger partial charge in [-0.25, -0.2) is 0 Å². The Balaban J connectivity index is 1.14. The largest absolute Gasteiger partial charge is 0.456 e. The van der Waals surface area contributed by atoms with Gasteiger partial charge in [0.2, 0.25) is 0 Å². The molecule has 3 nitrogen and oxygen atoms in total. The van der Waals surface area contributed by atoms with E-state index in [4.69, 9.17) is 4.42 Å². The molecular formula is C48H30N2O. The van der Waals surface area contributed by atoms with Gasteiger partial charge in [-0.05, 0) is 95.1 Å². The van der Waals surface area contributed by atoms with Crippen LogP contribution < -0.4 is 0 Å². The highest BCUT2D eigenvalue weighted by Crippen LogP contribution is 2.41. The molecule has 51 heavy (non-hydrogen) atoms. The zero-order valence-electron chi connectivity index (χ0n) is 27.6. The number of aromatic nitrogens is 2. The van der Waals surface area contributed by atoms with Gasteiger partial charge in [0.25, 0.3) is 0 Å². The molecule has 0 saturated heterocycles. The molecule has 11 rings (SSSR count). The molecule has 0 aliphatic rings. The van der Waals surface area contributed by atoms with Crippen molar-refractivity contribution in [1.82, 2.24) is 9.13 Å². The predicted molar refractivity (Wildman–Crippen MR) is 213 cm³/mol. The number of fused-ring (bicyclic) bond motifs is 9. The van der Waals surface area contributed by atoms with Crippen LogP contribution in [-0.2, 0) is 0 Å². The van der Waals surface area contributed by atoms with Crippen molar-refractivity contribution in [1.29, 1.82) is 0 Å². The monoisotopic (exact) mass is 650 g/mol. The van der Waals surface area contributed by atoms with E-state index in [1.54, 1.807) is 0 Å². The molecule has 0 atom stereocenters. The van der Waals surface area contributed by atoms with Crippen molar-refractivity contribution in [3.05, 3.63) is 182 Å². The standard InChI is InChI=1S/C48H30N2O/c1-3-11-31(12-4-1)32-19-23-36(24-20-32)50-45-26-22-34(28-40(45)41-30-48-42(29-46(41)50)38-16-8-10-18-47(38)51-48)33-21-25-44-39(27-33)37-15-7-9-17-43(37)49(44)35-13-5-2-6-14-35/h1-30H. The molecule has 3 heterocycles. The van der Waals surface area contributed by atoms with E-state index in [0.717, 1.165) is 33.1 Å². The summed E-state index contributed by atoms with van der Waals surface area (Å²) in [7, 11) is 0. The molecule has 0 bridgehead atoms. The van der Waals surface area contributed by atoms with Gasteiger partial charge in [-0.3, -0.25) is 0 Å². The maximum Gasteiger partial charge on any atom is 0.136 e. The van der Waals surface area contributed by atoms with E-state index in [0.29, 0.717) is 0 Å². The summed E-state index contributed by atoms with van der Waals surface area (Å²) in [5, 5.41) is 7.13. The van der Waals surface area contributed by atoms with Gasteiger partial charge in [-0.2, -0.15) is 0 Å². The topological polar surface area (TPSA) is 23.0 Å². The number of benzene rings is 8. The SMILES string of the molecule is c1ccc(-c2ccc(-n3c4ccc(-c5ccc6c(c5)c5ccccc5n6-c5ccccc5)cc4c4cc5oc6ccccc6c5cc43)cc2)cc1. The lowest BCUT2D eigenvalue weighted by molar-refractivity contribution is 0.669. The molecule has 0 radical (unpaired) electrons. The van der Waals surface area contributed by atoms with Crippen molar-refractivity contribution in [3.8, 4) is 33.6 Å². The molecule has 0 aliphatic carbocycles. The second kappa shape index (κ2) is 10.8. The molecule has 238 valence electrons. The van der Waals surface area contributed by atoms with E-state index in [9.17, 15) is 0 Å². The first-order valence-corrected chi connectivity index (χ1v) is 17.4. The van der Waals surface area contributed by atoms with E-state index in [1.807, 2.05) is 6.07 Å². The lowest BCUT2D eigenvalue weighted by atomic mass is 10.0. The van der Waals surface area contributed by atoms with Gasteiger partial charge in [0.15, 0.2) is 0 Å². The van der Waals surface area contributed by atoms with Crippen molar-refractivity contribution in [2.24, 2.45) is 0 Å². The third-order valence-electron chi connectivity index (χ3n) is 10.5. The zero-order valence-corrected chi connectivity index (χ0v) is 27.6. The minimum absolute atomic E-state index is 0.905. The summed E-state index contributed by atoms with van der Waals surface area (Å²) in [6, 6.07) is 65.5. The Morgan fingerprint density at radius 2 is 0.784 bits per heavy atom. The highest BCUT2D eigenvalue weighted by molar-refractivity contribution is 6.18. The Morgan fingerprint density at radius 3 is 1.53 bits per heavy atom. The number of hydrogen-bond donors (Lipinski definition) is 0. The molecule has 0 unspecified atom stereocenters. The smallest absolute Gasteiger partial charge is 0.136 e. The van der Waals surface area contributed by atoms with Crippen LogP contribution >= 0.6 is 0 Å². The van der Waals surface area contributed by atoms with Gasteiger partial charge >= 0.3 is 0 Å². The second-order valence-electron chi connectivity index (χ2n) is 13.4. The molecule has 3 heteroatoms. The molecule has 0 fully saturated rings. The lowest BCUT2D eigenvalue weighted by Crippen LogP contribution is -1.94. The zero-order chi connectivity index (χ0) is 33.5. The Labute approximate surface area is 293 Å². The summed E-state index contributed by atoms with van der Waals surface area (Å²) in [4.78, 5) is 0. The molecule has 0 amide bonds. The van der Waals surface area contributed by atoms with Gasteiger partial charge in [0.1, 0.15) is 11.2 Å². The Kier molecular flexibility index (Phi) is 5.96. The fraction of sp³-hybridized carbons (Fsp3) is 0. The lowest BCUT2D eigenvalue weighted by Gasteiger charge is -2.10. The number of nitrogens with zero attached hydrogens (tertiary/aromatic N) is 2. The highest BCUT2D eigenvalue weighted by atomic mass is 16.3. The summed E-state index contributed by atoms with van der Waals surface area (Å²) in [5.41, 5.74) is 13.6. The van der Waals surface area contributed by atoms with Crippen LogP contribution in [0.25, 0.3) is 99.2 Å². The summed E-state index contributed by atoms with van der Waals surface area (Å²) in [6.07, 6.45) is 0. The van der Waals surface area contributed by atoms with E-state index in [1.165, 1.54) is 66.0 Å². The quantitative estimate of drug-likeness (QED) is 0.186. The summed E-state index contributed by atoms with van der Waals surface area (Å²) < 4.78 is 11.2. The van der Waals surface area contributed by atoms with Crippen LogP contribution in [0.1, 0.15) is 0 Å². The van der Waals surface area contributed by atoms with Crippen molar-refractivity contribution >= 4 is 65.6 Å². The van der Waals surface area contributed by atoms with Gasteiger partial charge in [0, 0.05) is 43.7 Å². The maximum absolute atomic E-state index is 6.42. The van der Waals surface area contributed by atoms with Crippen molar-refractivity contribution < 1.29 is 4.42 Å². The summed E-state index contributed by atoms with van der Waals surface area (Å²) >= 11 is 0. The molecule has 11 aromatic rings. The predicted octanol–water partition coefficient (Wildman–Crippen LogP) is 13.1.